The number of nitrogens with one attached hydrogen (secondary N) is 3. The molecular formula is C19H16ClF2N7O2S. The lowest BCUT2D eigenvalue weighted by molar-refractivity contribution is 0.588. The van der Waals surface area contributed by atoms with E-state index in [0.717, 1.165) is 12.1 Å². The number of nitrogens with zero attached hydrogens (tertiary/aromatic N) is 4. The first-order chi connectivity index (χ1) is 15.3. The van der Waals surface area contributed by atoms with Gasteiger partial charge in [0.1, 0.15) is 34.9 Å². The number of rotatable bonds is 7. The SMILES string of the molecule is CCCS(=O)(=O)Nc1ccc(F)c(Nc2ncccc2-c2ncnc3nc(Cl)[nH]c23)c1F. The second-order valence-electron chi connectivity index (χ2n) is 6.68. The Morgan fingerprint density at radius 3 is 2.75 bits per heavy atom. The van der Waals surface area contributed by atoms with Gasteiger partial charge in [-0.25, -0.2) is 32.2 Å². The highest BCUT2D eigenvalue weighted by molar-refractivity contribution is 7.92. The van der Waals surface area contributed by atoms with Crippen LogP contribution in [0.2, 0.25) is 5.28 Å². The van der Waals surface area contributed by atoms with Crippen molar-refractivity contribution >= 4 is 50.0 Å². The summed E-state index contributed by atoms with van der Waals surface area (Å²) in [5, 5.41) is 2.71. The molecule has 3 N–H and O–H groups in total. The number of pyridine rings is 1. The minimum Gasteiger partial charge on any atom is -0.335 e. The van der Waals surface area contributed by atoms with E-state index in [4.69, 9.17) is 11.6 Å². The monoisotopic (exact) mass is 479 g/mol. The molecule has 0 amide bonds. The van der Waals surface area contributed by atoms with Crippen LogP contribution in [0.5, 0.6) is 0 Å². The number of H-pyrrole nitrogens is 1. The van der Waals surface area contributed by atoms with Gasteiger partial charge in [0.15, 0.2) is 11.5 Å². The lowest BCUT2D eigenvalue weighted by atomic mass is 10.1. The molecule has 0 saturated heterocycles. The van der Waals surface area contributed by atoms with Crippen molar-refractivity contribution in [3.63, 3.8) is 0 Å². The first-order valence-electron chi connectivity index (χ1n) is 9.36. The minimum atomic E-state index is -3.78. The zero-order valence-electron chi connectivity index (χ0n) is 16.5. The molecule has 4 rings (SSSR count). The van der Waals surface area contributed by atoms with Crippen molar-refractivity contribution in [3.05, 3.63) is 53.7 Å². The summed E-state index contributed by atoms with van der Waals surface area (Å²) < 4.78 is 55.8. The normalized spacial score (nSPS) is 11.6. The molecule has 1 aromatic carbocycles. The van der Waals surface area contributed by atoms with Crippen LogP contribution in [0.25, 0.3) is 22.4 Å². The zero-order chi connectivity index (χ0) is 22.9. The number of hydrogen-bond donors (Lipinski definition) is 3. The maximum atomic E-state index is 15.1. The Morgan fingerprint density at radius 1 is 1.16 bits per heavy atom. The third-order valence-electron chi connectivity index (χ3n) is 4.40. The summed E-state index contributed by atoms with van der Waals surface area (Å²) in [7, 11) is -3.78. The van der Waals surface area contributed by atoms with Crippen molar-refractivity contribution in [2.75, 3.05) is 15.8 Å². The first-order valence-corrected chi connectivity index (χ1v) is 11.4. The van der Waals surface area contributed by atoms with Crippen LogP contribution >= 0.6 is 11.6 Å². The molecule has 9 nitrogen and oxygen atoms in total. The van der Waals surface area contributed by atoms with Crippen molar-refractivity contribution in [2.45, 2.75) is 13.3 Å². The van der Waals surface area contributed by atoms with E-state index in [-0.39, 0.29) is 22.5 Å². The zero-order valence-corrected chi connectivity index (χ0v) is 18.1. The Labute approximate surface area is 186 Å². The Morgan fingerprint density at radius 2 is 1.97 bits per heavy atom. The Bertz CT molecular complexity index is 1410. The molecule has 0 spiro atoms. The molecule has 4 aromatic rings. The first kappa shape index (κ1) is 21.8. The molecule has 0 aliphatic heterocycles. The second kappa shape index (κ2) is 8.63. The molecule has 0 aliphatic carbocycles. The second-order valence-corrected chi connectivity index (χ2v) is 8.88. The standard InChI is InChI=1S/C19H16ClF2N7O2S/c1-2-8-32(30,31)29-12-6-5-11(21)15(13(12)22)26-17-10(4-3-7-23-17)14-16-18(25-9-24-14)28-19(20)27-16/h3-7,9,29H,2,8H2,1H3,(H,23,26)(H,24,25,27,28). The number of anilines is 3. The summed E-state index contributed by atoms with van der Waals surface area (Å²) in [5.74, 6) is -2.17. The smallest absolute Gasteiger partial charge is 0.232 e. The van der Waals surface area contributed by atoms with Crippen molar-refractivity contribution in [3.8, 4) is 11.3 Å². The maximum Gasteiger partial charge on any atom is 0.232 e. The number of benzene rings is 1. The molecular weight excluding hydrogens is 464 g/mol. The fourth-order valence-corrected chi connectivity index (χ4v) is 4.36. The summed E-state index contributed by atoms with van der Waals surface area (Å²) in [6.45, 7) is 1.67. The van der Waals surface area contributed by atoms with Crippen LogP contribution in [0.3, 0.4) is 0 Å². The Balaban J connectivity index is 1.77. The molecule has 13 heteroatoms. The molecule has 0 radical (unpaired) electrons. The number of aromatic nitrogens is 5. The molecule has 0 atom stereocenters. The van der Waals surface area contributed by atoms with Gasteiger partial charge in [-0.15, -0.1) is 0 Å². The summed E-state index contributed by atoms with van der Waals surface area (Å²) in [6, 6.07) is 5.22. The minimum absolute atomic E-state index is 0.0737. The summed E-state index contributed by atoms with van der Waals surface area (Å²) in [4.78, 5) is 19.3. The number of fused-ring (bicyclic) bond motifs is 1. The number of sulfonamides is 1. The molecule has 3 aromatic heterocycles. The van der Waals surface area contributed by atoms with E-state index in [0.29, 0.717) is 28.8 Å². The Hall–Kier alpha value is -3.38. The van der Waals surface area contributed by atoms with E-state index in [1.54, 1.807) is 19.1 Å². The number of imidazole rings is 1. The highest BCUT2D eigenvalue weighted by Gasteiger charge is 2.21. The van der Waals surface area contributed by atoms with E-state index < -0.39 is 27.3 Å². The van der Waals surface area contributed by atoms with Crippen LogP contribution in [0.15, 0.2) is 36.8 Å². The van der Waals surface area contributed by atoms with Gasteiger partial charge in [0.25, 0.3) is 0 Å². The molecule has 166 valence electrons. The number of halogens is 3. The third kappa shape index (κ3) is 4.32. The fraction of sp³-hybridized carbons (Fsp3) is 0.158. The predicted molar refractivity (Wildman–Crippen MR) is 117 cm³/mol. The van der Waals surface area contributed by atoms with Crippen LogP contribution in [0.1, 0.15) is 13.3 Å². The molecule has 0 fully saturated rings. The van der Waals surface area contributed by atoms with Gasteiger partial charge in [-0.05, 0) is 42.3 Å². The lowest BCUT2D eigenvalue weighted by Crippen LogP contribution is -2.17. The van der Waals surface area contributed by atoms with E-state index in [2.05, 4.69) is 35.0 Å². The molecule has 0 aliphatic rings. The van der Waals surface area contributed by atoms with Crippen LogP contribution in [-0.2, 0) is 10.0 Å². The average Bonchev–Trinajstić information content (AvgIpc) is 3.14. The van der Waals surface area contributed by atoms with Gasteiger partial charge in [-0.3, -0.25) is 4.72 Å². The van der Waals surface area contributed by atoms with Gasteiger partial charge < -0.3 is 10.3 Å². The van der Waals surface area contributed by atoms with Gasteiger partial charge >= 0.3 is 0 Å². The highest BCUT2D eigenvalue weighted by Crippen LogP contribution is 2.34. The highest BCUT2D eigenvalue weighted by atomic mass is 35.5. The average molecular weight is 480 g/mol. The van der Waals surface area contributed by atoms with Gasteiger partial charge in [-0.2, -0.15) is 4.98 Å². The summed E-state index contributed by atoms with van der Waals surface area (Å²) >= 11 is 5.93. The van der Waals surface area contributed by atoms with Crippen LogP contribution in [-0.4, -0.2) is 39.1 Å². The molecule has 32 heavy (non-hydrogen) atoms. The van der Waals surface area contributed by atoms with Crippen LogP contribution in [0, 0.1) is 11.6 Å². The van der Waals surface area contributed by atoms with Crippen molar-refractivity contribution < 1.29 is 17.2 Å². The quantitative estimate of drug-likeness (QED) is 0.338. The Kier molecular flexibility index (Phi) is 5.89. The maximum absolute atomic E-state index is 15.1. The molecule has 0 bridgehead atoms. The molecule has 3 heterocycles. The van der Waals surface area contributed by atoms with Gasteiger partial charge in [-0.1, -0.05) is 6.92 Å². The van der Waals surface area contributed by atoms with E-state index in [1.165, 1.54) is 12.5 Å². The van der Waals surface area contributed by atoms with Crippen LogP contribution < -0.4 is 10.0 Å². The van der Waals surface area contributed by atoms with E-state index in [9.17, 15) is 12.8 Å². The predicted octanol–water partition coefficient (Wildman–Crippen LogP) is 4.24. The summed E-state index contributed by atoms with van der Waals surface area (Å²) in [5.41, 5.74) is 0.496. The third-order valence-corrected chi connectivity index (χ3v) is 6.05. The molecule has 0 unspecified atom stereocenters. The van der Waals surface area contributed by atoms with Gasteiger partial charge in [0.05, 0.1) is 11.4 Å². The van der Waals surface area contributed by atoms with Gasteiger partial charge in [0, 0.05) is 11.8 Å². The van der Waals surface area contributed by atoms with Crippen molar-refractivity contribution in [2.24, 2.45) is 0 Å². The topological polar surface area (TPSA) is 126 Å². The molecule has 0 saturated carbocycles. The number of aromatic amines is 1. The lowest BCUT2D eigenvalue weighted by Gasteiger charge is -2.15. The van der Waals surface area contributed by atoms with E-state index in [1.807, 2.05) is 0 Å². The van der Waals surface area contributed by atoms with E-state index >= 15 is 4.39 Å². The van der Waals surface area contributed by atoms with Crippen molar-refractivity contribution in [1.29, 1.82) is 0 Å². The largest absolute Gasteiger partial charge is 0.335 e. The van der Waals surface area contributed by atoms with Crippen LogP contribution in [0.4, 0.5) is 26.0 Å². The number of hydrogen-bond acceptors (Lipinski definition) is 7. The summed E-state index contributed by atoms with van der Waals surface area (Å²) in [6.07, 6.45) is 3.04. The fourth-order valence-electron chi connectivity index (χ4n) is 3.05. The van der Waals surface area contributed by atoms with Gasteiger partial charge in [0.2, 0.25) is 15.3 Å². The van der Waals surface area contributed by atoms with Crippen molar-refractivity contribution in [1.82, 2.24) is 24.9 Å².